The summed E-state index contributed by atoms with van der Waals surface area (Å²) in [6.45, 7) is 1.48. The standard InChI is InChI=1S/C20H20N2O2S/c23-20(24)15-6-3-11-22(13-15)19(18-8-4-12-25-18)17-10-9-14-5-1-2-7-16(14)21-17/h1-2,4-5,7-10,12,15,19H,3,6,11,13H2,(H,23,24). The smallest absolute Gasteiger partial charge is 0.307 e. The van der Waals surface area contributed by atoms with Crippen LogP contribution in [-0.2, 0) is 4.79 Å². The molecule has 0 saturated carbocycles. The number of aliphatic carboxylic acids is 1. The Hall–Kier alpha value is -2.24. The number of rotatable bonds is 4. The molecule has 1 aromatic carbocycles. The van der Waals surface area contributed by atoms with Crippen molar-refractivity contribution in [2.75, 3.05) is 13.1 Å². The monoisotopic (exact) mass is 352 g/mol. The highest BCUT2D eigenvalue weighted by molar-refractivity contribution is 7.10. The van der Waals surface area contributed by atoms with Gasteiger partial charge in [0.1, 0.15) is 0 Å². The predicted molar refractivity (Wildman–Crippen MR) is 99.8 cm³/mol. The molecular weight excluding hydrogens is 332 g/mol. The van der Waals surface area contributed by atoms with E-state index in [1.807, 2.05) is 24.3 Å². The fraction of sp³-hybridized carbons (Fsp3) is 0.300. The molecule has 2 unspecified atom stereocenters. The number of carboxylic acids is 1. The van der Waals surface area contributed by atoms with Gasteiger partial charge in [-0.15, -0.1) is 11.3 Å². The second kappa shape index (κ2) is 6.94. The molecule has 25 heavy (non-hydrogen) atoms. The number of piperidine rings is 1. The third-order valence-electron chi connectivity index (χ3n) is 4.88. The molecule has 1 saturated heterocycles. The molecule has 3 aromatic rings. The highest BCUT2D eigenvalue weighted by Crippen LogP contribution is 2.34. The van der Waals surface area contributed by atoms with E-state index in [9.17, 15) is 9.90 Å². The van der Waals surface area contributed by atoms with Crippen LogP contribution in [0.2, 0.25) is 0 Å². The number of nitrogens with zero attached hydrogens (tertiary/aromatic N) is 2. The van der Waals surface area contributed by atoms with Crippen molar-refractivity contribution in [1.82, 2.24) is 9.88 Å². The van der Waals surface area contributed by atoms with Gasteiger partial charge in [-0.3, -0.25) is 14.7 Å². The molecule has 1 fully saturated rings. The lowest BCUT2D eigenvalue weighted by molar-refractivity contribution is -0.143. The van der Waals surface area contributed by atoms with Gasteiger partial charge < -0.3 is 5.11 Å². The minimum absolute atomic E-state index is 0.0201. The molecule has 1 N–H and O–H groups in total. The molecule has 2 aromatic heterocycles. The topological polar surface area (TPSA) is 53.4 Å². The minimum Gasteiger partial charge on any atom is -0.481 e. The first kappa shape index (κ1) is 16.2. The second-order valence-electron chi connectivity index (χ2n) is 6.52. The second-order valence-corrected chi connectivity index (χ2v) is 7.50. The zero-order valence-electron chi connectivity index (χ0n) is 13.8. The number of para-hydroxylation sites is 1. The lowest BCUT2D eigenvalue weighted by Gasteiger charge is -2.36. The van der Waals surface area contributed by atoms with Gasteiger partial charge in [-0.2, -0.15) is 0 Å². The van der Waals surface area contributed by atoms with Gasteiger partial charge in [-0.05, 0) is 43.0 Å². The van der Waals surface area contributed by atoms with Crippen LogP contribution in [0, 0.1) is 5.92 Å². The summed E-state index contributed by atoms with van der Waals surface area (Å²) in [5.41, 5.74) is 1.97. The Balaban J connectivity index is 1.74. The van der Waals surface area contributed by atoms with Gasteiger partial charge in [0.25, 0.3) is 0 Å². The number of fused-ring (bicyclic) bond motifs is 1. The van der Waals surface area contributed by atoms with Crippen LogP contribution in [0.3, 0.4) is 0 Å². The fourth-order valence-electron chi connectivity index (χ4n) is 3.64. The third-order valence-corrected chi connectivity index (χ3v) is 5.80. The molecule has 4 rings (SSSR count). The van der Waals surface area contributed by atoms with Gasteiger partial charge in [-0.25, -0.2) is 0 Å². The van der Waals surface area contributed by atoms with Crippen molar-refractivity contribution in [3.63, 3.8) is 0 Å². The number of hydrogen-bond acceptors (Lipinski definition) is 4. The summed E-state index contributed by atoms with van der Waals surface area (Å²) >= 11 is 1.71. The van der Waals surface area contributed by atoms with E-state index in [2.05, 4.69) is 34.5 Å². The van der Waals surface area contributed by atoms with Gasteiger partial charge >= 0.3 is 5.97 Å². The lowest BCUT2D eigenvalue weighted by atomic mass is 9.95. The quantitative estimate of drug-likeness (QED) is 0.765. The van der Waals surface area contributed by atoms with E-state index in [1.165, 1.54) is 4.88 Å². The van der Waals surface area contributed by atoms with Crippen LogP contribution in [-0.4, -0.2) is 34.0 Å². The van der Waals surface area contributed by atoms with Crippen molar-refractivity contribution in [3.05, 3.63) is 64.5 Å². The maximum atomic E-state index is 11.5. The van der Waals surface area contributed by atoms with Crippen LogP contribution in [0.15, 0.2) is 53.9 Å². The number of carbonyl (C=O) groups is 1. The maximum Gasteiger partial charge on any atom is 0.307 e. The van der Waals surface area contributed by atoms with Crippen molar-refractivity contribution < 1.29 is 9.90 Å². The molecule has 4 nitrogen and oxygen atoms in total. The van der Waals surface area contributed by atoms with Gasteiger partial charge in [0.2, 0.25) is 0 Å². The van der Waals surface area contributed by atoms with Crippen LogP contribution < -0.4 is 0 Å². The zero-order chi connectivity index (χ0) is 17.2. The zero-order valence-corrected chi connectivity index (χ0v) is 14.7. The summed E-state index contributed by atoms with van der Waals surface area (Å²) in [4.78, 5) is 19.9. The first-order chi connectivity index (χ1) is 12.2. The third kappa shape index (κ3) is 3.30. The van der Waals surface area contributed by atoms with Crippen LogP contribution in [0.4, 0.5) is 0 Å². The van der Waals surface area contributed by atoms with E-state index < -0.39 is 5.97 Å². The molecule has 2 atom stereocenters. The van der Waals surface area contributed by atoms with Crippen LogP contribution in [0.25, 0.3) is 10.9 Å². The molecule has 0 spiro atoms. The Kier molecular flexibility index (Phi) is 4.51. The molecular formula is C20H20N2O2S. The maximum absolute atomic E-state index is 11.5. The Bertz CT molecular complexity index is 878. The number of likely N-dealkylation sites (tertiary alicyclic amines) is 1. The van der Waals surface area contributed by atoms with Gasteiger partial charge in [0.15, 0.2) is 0 Å². The SMILES string of the molecule is O=C(O)C1CCCN(C(c2ccc3ccccc3n2)c2cccs2)C1. The first-order valence-corrected chi connectivity index (χ1v) is 9.46. The van der Waals surface area contributed by atoms with Gasteiger partial charge in [0, 0.05) is 16.8 Å². The number of aromatic nitrogens is 1. The molecule has 5 heteroatoms. The highest BCUT2D eigenvalue weighted by atomic mass is 32.1. The molecule has 0 bridgehead atoms. The molecule has 0 amide bonds. The number of thiophene rings is 1. The Morgan fingerprint density at radius 2 is 2.08 bits per heavy atom. The van der Waals surface area contributed by atoms with Gasteiger partial charge in [-0.1, -0.05) is 30.3 Å². The summed E-state index contributed by atoms with van der Waals surface area (Å²) in [6, 6.07) is 16.5. The average Bonchev–Trinajstić information content (AvgIpc) is 3.16. The van der Waals surface area contributed by atoms with Gasteiger partial charge in [0.05, 0.1) is 23.2 Å². The Morgan fingerprint density at radius 3 is 2.88 bits per heavy atom. The average molecular weight is 352 g/mol. The largest absolute Gasteiger partial charge is 0.481 e. The van der Waals surface area contributed by atoms with Crippen molar-refractivity contribution in [2.24, 2.45) is 5.92 Å². The van der Waals surface area contributed by atoms with E-state index in [1.54, 1.807) is 11.3 Å². The number of pyridine rings is 1. The van der Waals surface area contributed by atoms with E-state index in [4.69, 9.17) is 4.98 Å². The number of benzene rings is 1. The van der Waals surface area contributed by atoms with E-state index in [0.717, 1.165) is 36.0 Å². The fourth-order valence-corrected chi connectivity index (χ4v) is 4.51. The molecule has 1 aliphatic rings. The first-order valence-electron chi connectivity index (χ1n) is 8.58. The number of carboxylic acid groups (broad SMARTS) is 1. The normalized spacial score (nSPS) is 19.8. The summed E-state index contributed by atoms with van der Waals surface area (Å²) in [5.74, 6) is -0.988. The van der Waals surface area contributed by atoms with Crippen LogP contribution >= 0.6 is 11.3 Å². The summed E-state index contributed by atoms with van der Waals surface area (Å²) in [5, 5.41) is 12.6. The van der Waals surface area contributed by atoms with E-state index in [-0.39, 0.29) is 12.0 Å². The predicted octanol–water partition coefficient (Wildman–Crippen LogP) is 4.18. The van der Waals surface area contributed by atoms with Crippen molar-refractivity contribution >= 4 is 28.2 Å². The minimum atomic E-state index is -0.693. The molecule has 0 aliphatic carbocycles. The summed E-state index contributed by atoms with van der Waals surface area (Å²) in [7, 11) is 0. The van der Waals surface area contributed by atoms with E-state index in [0.29, 0.717) is 6.54 Å². The van der Waals surface area contributed by atoms with E-state index >= 15 is 0 Å². The van der Waals surface area contributed by atoms with Crippen molar-refractivity contribution in [1.29, 1.82) is 0 Å². The summed E-state index contributed by atoms with van der Waals surface area (Å²) in [6.07, 6.45) is 1.67. The van der Waals surface area contributed by atoms with Crippen molar-refractivity contribution in [2.45, 2.75) is 18.9 Å². The number of hydrogen-bond donors (Lipinski definition) is 1. The van der Waals surface area contributed by atoms with Crippen LogP contribution in [0.5, 0.6) is 0 Å². The molecule has 3 heterocycles. The molecule has 128 valence electrons. The van der Waals surface area contributed by atoms with Crippen LogP contribution in [0.1, 0.15) is 29.5 Å². The molecule has 1 aliphatic heterocycles. The Labute approximate surface area is 150 Å². The van der Waals surface area contributed by atoms with Crippen molar-refractivity contribution in [3.8, 4) is 0 Å². The lowest BCUT2D eigenvalue weighted by Crippen LogP contribution is -2.41. The Morgan fingerprint density at radius 1 is 1.20 bits per heavy atom. The molecule has 0 radical (unpaired) electrons. The highest BCUT2D eigenvalue weighted by Gasteiger charge is 2.32. The summed E-state index contributed by atoms with van der Waals surface area (Å²) < 4.78 is 0.